The number of carbonyl (C=O) groups is 2. The van der Waals surface area contributed by atoms with Crippen LogP contribution in [0.25, 0.3) is 10.9 Å². The van der Waals surface area contributed by atoms with Crippen LogP contribution in [0.2, 0.25) is 0 Å². The van der Waals surface area contributed by atoms with Crippen molar-refractivity contribution in [2.24, 2.45) is 11.3 Å². The number of hydrogen-bond acceptors (Lipinski definition) is 4. The molecule has 0 saturated heterocycles. The maximum absolute atomic E-state index is 13.5. The van der Waals surface area contributed by atoms with Crippen LogP contribution in [0.4, 0.5) is 13.2 Å². The predicted octanol–water partition coefficient (Wildman–Crippen LogP) is 4.73. The van der Waals surface area contributed by atoms with E-state index in [1.54, 1.807) is 31.3 Å². The Balaban J connectivity index is 1.50. The molecule has 0 bridgehead atoms. The number of benzene rings is 2. The third-order valence-electron chi connectivity index (χ3n) is 7.41. The first kappa shape index (κ1) is 24.7. The molecule has 192 valence electrons. The second kappa shape index (κ2) is 9.14. The summed E-state index contributed by atoms with van der Waals surface area (Å²) in [6, 6.07) is 8.45. The van der Waals surface area contributed by atoms with Crippen molar-refractivity contribution in [1.29, 1.82) is 0 Å². The zero-order valence-electron chi connectivity index (χ0n) is 19.9. The number of hydrogen-bond donors (Lipinski definition) is 2. The third kappa shape index (κ3) is 4.61. The van der Waals surface area contributed by atoms with Gasteiger partial charge in [0.1, 0.15) is 5.75 Å². The summed E-state index contributed by atoms with van der Waals surface area (Å²) in [5.41, 5.74) is 1.74. The van der Waals surface area contributed by atoms with Crippen LogP contribution in [0.1, 0.15) is 54.1 Å². The quantitative estimate of drug-likeness (QED) is 0.467. The second-order valence-electron chi connectivity index (χ2n) is 9.61. The summed E-state index contributed by atoms with van der Waals surface area (Å²) in [6.07, 6.45) is 0.0912. The molecule has 5 rings (SSSR count). The zero-order chi connectivity index (χ0) is 26.4. The van der Waals surface area contributed by atoms with Gasteiger partial charge in [-0.15, -0.1) is 19.1 Å². The Kier molecular flexibility index (Phi) is 6.10. The Hall–Kier alpha value is -4.00. The van der Waals surface area contributed by atoms with Gasteiger partial charge in [-0.25, -0.2) is 0 Å². The maximum Gasteiger partial charge on any atom is 0.573 e. The molecular weight excluding hydrogens is 487 g/mol. The Morgan fingerprint density at radius 2 is 2.05 bits per heavy atom. The van der Waals surface area contributed by atoms with Crippen LogP contribution in [0.5, 0.6) is 5.75 Å². The number of aromatic nitrogens is 2. The molecular formula is C27H24F3N3O4. The van der Waals surface area contributed by atoms with Crippen LogP contribution < -0.4 is 10.1 Å². The van der Waals surface area contributed by atoms with Crippen molar-refractivity contribution in [3.63, 3.8) is 0 Å². The summed E-state index contributed by atoms with van der Waals surface area (Å²) in [5.74, 6) is 3.49. The number of carboxylic acids is 1. The lowest BCUT2D eigenvalue weighted by Crippen LogP contribution is -2.66. The molecule has 2 unspecified atom stereocenters. The zero-order valence-corrected chi connectivity index (χ0v) is 19.9. The molecule has 2 aliphatic carbocycles. The first-order valence-corrected chi connectivity index (χ1v) is 11.9. The molecule has 1 spiro atoms. The van der Waals surface area contributed by atoms with E-state index in [-0.39, 0.29) is 17.7 Å². The van der Waals surface area contributed by atoms with E-state index in [0.717, 1.165) is 19.3 Å². The standard InChI is InChI=1S/C27H24F3N3O4/c1-2-5-17-8-9-19(24(34)32-23-20(25(35)36)13-26(23)10-4-11-26)22-21(17)14-31-33(22)15-16-6-3-7-18(12-16)37-27(28,29)30/h3,6-9,12,14,20,23H,4,10-11,13,15H2,1H3,(H,32,34)(H,35,36). The molecule has 0 aliphatic heterocycles. The number of halogens is 3. The highest BCUT2D eigenvalue weighted by molar-refractivity contribution is 6.07. The summed E-state index contributed by atoms with van der Waals surface area (Å²) in [5, 5.41) is 17.6. The van der Waals surface area contributed by atoms with Crippen LogP contribution in [0.3, 0.4) is 0 Å². The molecule has 2 fully saturated rings. The van der Waals surface area contributed by atoms with Crippen molar-refractivity contribution >= 4 is 22.8 Å². The van der Waals surface area contributed by atoms with Gasteiger partial charge < -0.3 is 15.2 Å². The van der Waals surface area contributed by atoms with Crippen molar-refractivity contribution in [2.45, 2.75) is 51.6 Å². The molecule has 2 aliphatic rings. The van der Waals surface area contributed by atoms with E-state index >= 15 is 0 Å². The van der Waals surface area contributed by atoms with Crippen molar-refractivity contribution in [1.82, 2.24) is 15.1 Å². The Morgan fingerprint density at radius 3 is 2.70 bits per heavy atom. The van der Waals surface area contributed by atoms with Crippen molar-refractivity contribution in [2.75, 3.05) is 0 Å². The van der Waals surface area contributed by atoms with E-state index in [1.165, 1.54) is 22.9 Å². The minimum absolute atomic E-state index is 0.0764. The molecule has 10 heteroatoms. The Labute approximate surface area is 210 Å². The van der Waals surface area contributed by atoms with E-state index in [2.05, 4.69) is 27.0 Å². The van der Waals surface area contributed by atoms with Gasteiger partial charge in [-0.3, -0.25) is 14.3 Å². The third-order valence-corrected chi connectivity index (χ3v) is 7.41. The number of carboxylic acid groups (broad SMARTS) is 1. The van der Waals surface area contributed by atoms with Gasteiger partial charge in [-0.2, -0.15) is 5.10 Å². The molecule has 2 aromatic carbocycles. The molecule has 1 aromatic heterocycles. The van der Waals surface area contributed by atoms with Crippen LogP contribution in [0, 0.1) is 23.2 Å². The van der Waals surface area contributed by atoms with Crippen LogP contribution in [0.15, 0.2) is 42.6 Å². The van der Waals surface area contributed by atoms with E-state index < -0.39 is 30.2 Å². The smallest absolute Gasteiger partial charge is 0.481 e. The number of aliphatic carboxylic acids is 1. The molecule has 2 atom stereocenters. The second-order valence-corrected chi connectivity index (χ2v) is 9.61. The first-order valence-electron chi connectivity index (χ1n) is 11.9. The average Bonchev–Trinajstić information content (AvgIpc) is 3.19. The van der Waals surface area contributed by atoms with Gasteiger partial charge in [0.2, 0.25) is 0 Å². The molecule has 1 heterocycles. The Morgan fingerprint density at radius 1 is 1.27 bits per heavy atom. The van der Waals surface area contributed by atoms with E-state index in [4.69, 9.17) is 0 Å². The molecule has 1 amide bonds. The molecule has 2 N–H and O–H groups in total. The highest BCUT2D eigenvalue weighted by atomic mass is 19.4. The van der Waals surface area contributed by atoms with Crippen molar-refractivity contribution in [3.05, 3.63) is 59.3 Å². The van der Waals surface area contributed by atoms with Crippen LogP contribution in [-0.2, 0) is 11.3 Å². The maximum atomic E-state index is 13.5. The molecule has 0 radical (unpaired) electrons. The van der Waals surface area contributed by atoms with E-state index in [9.17, 15) is 27.9 Å². The van der Waals surface area contributed by atoms with Gasteiger partial charge in [0.05, 0.1) is 29.7 Å². The lowest BCUT2D eigenvalue weighted by Gasteiger charge is -2.59. The van der Waals surface area contributed by atoms with Gasteiger partial charge in [-0.05, 0) is 61.4 Å². The lowest BCUT2D eigenvalue weighted by molar-refractivity contribution is -0.274. The summed E-state index contributed by atoms with van der Waals surface area (Å²) in [6.45, 7) is 1.76. The van der Waals surface area contributed by atoms with E-state index in [0.29, 0.717) is 34.0 Å². The predicted molar refractivity (Wildman–Crippen MR) is 128 cm³/mol. The normalized spacial score (nSPS) is 19.9. The SMILES string of the molecule is CC#Cc1ccc(C(=O)NC2C(C(=O)O)CC23CCC3)c2c1cnn2Cc1cccc(OC(F)(F)F)c1. The fraction of sp³-hybridized carbons (Fsp3) is 0.370. The number of ether oxygens (including phenoxy) is 1. The number of fused-ring (bicyclic) bond motifs is 1. The molecule has 7 nitrogen and oxygen atoms in total. The van der Waals surface area contributed by atoms with Crippen LogP contribution >= 0.6 is 0 Å². The van der Waals surface area contributed by atoms with Gasteiger partial charge in [0.25, 0.3) is 5.91 Å². The summed E-state index contributed by atoms with van der Waals surface area (Å²) < 4.78 is 43.6. The fourth-order valence-corrected chi connectivity index (χ4v) is 5.56. The Bertz CT molecular complexity index is 1450. The van der Waals surface area contributed by atoms with Gasteiger partial charge in [0.15, 0.2) is 0 Å². The van der Waals surface area contributed by atoms with Crippen molar-refractivity contribution < 1.29 is 32.6 Å². The number of rotatable bonds is 6. The monoisotopic (exact) mass is 511 g/mol. The first-order chi connectivity index (χ1) is 17.6. The van der Waals surface area contributed by atoms with Gasteiger partial charge in [-0.1, -0.05) is 24.5 Å². The highest BCUT2D eigenvalue weighted by Crippen LogP contribution is 2.58. The van der Waals surface area contributed by atoms with E-state index in [1.807, 2.05) is 0 Å². The lowest BCUT2D eigenvalue weighted by atomic mass is 9.48. The molecule has 37 heavy (non-hydrogen) atoms. The fourth-order valence-electron chi connectivity index (χ4n) is 5.56. The van der Waals surface area contributed by atoms with Crippen molar-refractivity contribution in [3.8, 4) is 17.6 Å². The van der Waals surface area contributed by atoms with Gasteiger partial charge >= 0.3 is 12.3 Å². The number of nitrogens with one attached hydrogen (secondary N) is 1. The number of amides is 1. The summed E-state index contributed by atoms with van der Waals surface area (Å²) in [7, 11) is 0. The molecule has 2 saturated carbocycles. The summed E-state index contributed by atoms with van der Waals surface area (Å²) >= 11 is 0. The number of alkyl halides is 3. The largest absolute Gasteiger partial charge is 0.573 e. The minimum Gasteiger partial charge on any atom is -0.481 e. The highest BCUT2D eigenvalue weighted by Gasteiger charge is 2.60. The van der Waals surface area contributed by atoms with Gasteiger partial charge in [0, 0.05) is 17.0 Å². The number of carbonyl (C=O) groups excluding carboxylic acids is 1. The topological polar surface area (TPSA) is 93.5 Å². The minimum atomic E-state index is -4.82. The van der Waals surface area contributed by atoms with Crippen LogP contribution in [-0.4, -0.2) is 39.2 Å². The number of nitrogens with zero attached hydrogens (tertiary/aromatic N) is 2. The summed E-state index contributed by atoms with van der Waals surface area (Å²) in [4.78, 5) is 25.2. The average molecular weight is 512 g/mol. The molecule has 3 aromatic rings.